The minimum absolute atomic E-state index is 0.0376. The van der Waals surface area contributed by atoms with E-state index in [9.17, 15) is 18.4 Å². The predicted molar refractivity (Wildman–Crippen MR) is 91.0 cm³/mol. The number of halogens is 3. The first kappa shape index (κ1) is 17.4. The zero-order chi connectivity index (χ0) is 19.2. The van der Waals surface area contributed by atoms with Gasteiger partial charge in [0.05, 0.1) is 11.5 Å². The third kappa shape index (κ3) is 3.01. The second kappa shape index (κ2) is 6.02. The van der Waals surface area contributed by atoms with E-state index in [-0.39, 0.29) is 12.2 Å². The lowest BCUT2D eigenvalue weighted by atomic mass is 9.94. The lowest BCUT2D eigenvalue weighted by Crippen LogP contribution is -2.13. The van der Waals surface area contributed by atoms with Crippen LogP contribution in [0.15, 0.2) is 40.9 Å². The zero-order valence-electron chi connectivity index (χ0n) is 14.4. The molecule has 0 bridgehead atoms. The van der Waals surface area contributed by atoms with Gasteiger partial charge < -0.3 is 9.15 Å². The molecule has 4 rings (SSSR count). The van der Waals surface area contributed by atoms with Crippen LogP contribution in [0.5, 0.6) is 5.75 Å². The van der Waals surface area contributed by atoms with Gasteiger partial charge in [-0.1, -0.05) is 6.07 Å². The highest BCUT2D eigenvalue weighted by molar-refractivity contribution is 5.86. The number of hydrogen-bond donors (Lipinski definition) is 0. The summed E-state index contributed by atoms with van der Waals surface area (Å²) in [6.45, 7) is 1.56. The van der Waals surface area contributed by atoms with Crippen molar-refractivity contribution in [1.82, 2.24) is 4.98 Å². The summed E-state index contributed by atoms with van der Waals surface area (Å²) in [5.41, 5.74) is -0.0333. The molecular weight excluding hydrogens is 357 g/mol. The van der Waals surface area contributed by atoms with Crippen molar-refractivity contribution in [2.24, 2.45) is 0 Å². The molecule has 1 saturated carbocycles. The number of aromatic nitrogens is 1. The molecule has 3 aromatic rings. The van der Waals surface area contributed by atoms with Crippen LogP contribution in [0.25, 0.3) is 11.0 Å². The maximum Gasteiger partial charge on any atom is 0.433 e. The molecule has 4 nitrogen and oxygen atoms in total. The predicted octanol–water partition coefficient (Wildman–Crippen LogP) is 5.29. The lowest BCUT2D eigenvalue weighted by molar-refractivity contribution is -0.142. The number of ether oxygens (including phenoxy) is 1. The Morgan fingerprint density at radius 1 is 1.30 bits per heavy atom. The van der Waals surface area contributed by atoms with Gasteiger partial charge in [-0.15, -0.1) is 0 Å². The van der Waals surface area contributed by atoms with Gasteiger partial charge >= 0.3 is 6.18 Å². The molecular formula is C20H15F3N2O2. The molecule has 7 heteroatoms. The van der Waals surface area contributed by atoms with Gasteiger partial charge in [0.1, 0.15) is 23.7 Å². The van der Waals surface area contributed by atoms with Crippen LogP contribution < -0.4 is 4.74 Å². The maximum absolute atomic E-state index is 13.1. The van der Waals surface area contributed by atoms with Crippen molar-refractivity contribution in [3.63, 3.8) is 0 Å². The van der Waals surface area contributed by atoms with Gasteiger partial charge in [-0.05, 0) is 44.0 Å². The van der Waals surface area contributed by atoms with Crippen LogP contribution >= 0.6 is 0 Å². The first-order chi connectivity index (χ1) is 12.8. The first-order valence-electron chi connectivity index (χ1n) is 8.43. The van der Waals surface area contributed by atoms with Gasteiger partial charge in [-0.25, -0.2) is 0 Å². The van der Waals surface area contributed by atoms with Gasteiger partial charge in [0.2, 0.25) is 0 Å². The smallest absolute Gasteiger partial charge is 0.433 e. The molecule has 1 aromatic carbocycles. The molecule has 27 heavy (non-hydrogen) atoms. The molecule has 0 unspecified atom stereocenters. The Morgan fingerprint density at radius 3 is 2.74 bits per heavy atom. The summed E-state index contributed by atoms with van der Waals surface area (Å²) in [4.78, 5) is 3.43. The molecule has 1 aliphatic rings. The Kier molecular flexibility index (Phi) is 3.88. The normalized spacial score (nSPS) is 15.5. The average molecular weight is 372 g/mol. The molecule has 0 aliphatic heterocycles. The van der Waals surface area contributed by atoms with Crippen LogP contribution in [0.1, 0.15) is 35.4 Å². The molecule has 0 saturated heterocycles. The fraction of sp³-hybridized carbons (Fsp3) is 0.300. The molecule has 0 atom stereocenters. The van der Waals surface area contributed by atoms with Crippen LogP contribution in [0, 0.1) is 18.3 Å². The van der Waals surface area contributed by atoms with Gasteiger partial charge in [0, 0.05) is 22.7 Å². The van der Waals surface area contributed by atoms with Crippen LogP contribution in [-0.4, -0.2) is 4.98 Å². The lowest BCUT2D eigenvalue weighted by Gasteiger charge is -2.12. The summed E-state index contributed by atoms with van der Waals surface area (Å²) < 4.78 is 50.5. The average Bonchev–Trinajstić information content (AvgIpc) is 3.35. The molecule has 0 N–H and O–H groups in total. The molecule has 1 fully saturated rings. The number of aryl methyl sites for hydroxylation is 1. The molecule has 138 valence electrons. The van der Waals surface area contributed by atoms with Crippen molar-refractivity contribution < 1.29 is 22.3 Å². The van der Waals surface area contributed by atoms with Crippen molar-refractivity contribution in [1.29, 1.82) is 5.26 Å². The number of hydrogen-bond acceptors (Lipinski definition) is 4. The van der Waals surface area contributed by atoms with E-state index in [1.807, 2.05) is 6.92 Å². The zero-order valence-corrected chi connectivity index (χ0v) is 14.4. The maximum atomic E-state index is 13.1. The van der Waals surface area contributed by atoms with Crippen LogP contribution in [0.3, 0.4) is 0 Å². The van der Waals surface area contributed by atoms with E-state index in [4.69, 9.17) is 9.15 Å². The fourth-order valence-electron chi connectivity index (χ4n) is 3.40. The standard InChI is InChI=1S/C20H15F3N2O2/c1-12-17(19(11-24)6-7-19)15-9-14(4-5-16(15)27-12)26-10-13-3-2-8-25-18(13)20(21,22)23/h2-5,8-9H,6-7,10H2,1H3. The molecule has 0 radical (unpaired) electrons. The SMILES string of the molecule is Cc1oc2ccc(OCc3cccnc3C(F)(F)F)cc2c1C1(C#N)CC1. The molecule has 0 spiro atoms. The van der Waals surface area contributed by atoms with E-state index < -0.39 is 17.3 Å². The van der Waals surface area contributed by atoms with Crippen LogP contribution in [0.2, 0.25) is 0 Å². The number of furan rings is 1. The number of pyridine rings is 1. The fourth-order valence-corrected chi connectivity index (χ4v) is 3.40. The number of nitriles is 1. The Bertz CT molecular complexity index is 1060. The Labute approximate surface area is 153 Å². The highest BCUT2D eigenvalue weighted by Gasteiger charge is 2.48. The van der Waals surface area contributed by atoms with Gasteiger partial charge in [-0.2, -0.15) is 18.4 Å². The number of rotatable bonds is 4. The molecule has 2 heterocycles. The van der Waals surface area contributed by atoms with E-state index in [2.05, 4.69) is 11.1 Å². The molecule has 0 amide bonds. The highest BCUT2D eigenvalue weighted by Crippen LogP contribution is 2.52. The van der Waals surface area contributed by atoms with E-state index in [1.54, 1.807) is 18.2 Å². The third-order valence-corrected chi connectivity index (χ3v) is 4.83. The van der Waals surface area contributed by atoms with Crippen LogP contribution in [-0.2, 0) is 18.2 Å². The van der Waals surface area contributed by atoms with Crippen molar-refractivity contribution in [2.45, 2.75) is 38.0 Å². The largest absolute Gasteiger partial charge is 0.489 e. The van der Waals surface area contributed by atoms with Gasteiger partial charge in [0.25, 0.3) is 0 Å². The Hall–Kier alpha value is -3.01. The van der Waals surface area contributed by atoms with Crippen molar-refractivity contribution in [3.8, 4) is 11.8 Å². The first-order valence-corrected chi connectivity index (χ1v) is 8.43. The number of alkyl halides is 3. The second-order valence-corrected chi connectivity index (χ2v) is 6.68. The Morgan fingerprint density at radius 2 is 2.07 bits per heavy atom. The summed E-state index contributed by atoms with van der Waals surface area (Å²) in [6.07, 6.45) is -1.89. The topological polar surface area (TPSA) is 59.1 Å². The summed E-state index contributed by atoms with van der Waals surface area (Å²) in [5.74, 6) is 1.10. The van der Waals surface area contributed by atoms with Crippen molar-refractivity contribution >= 4 is 11.0 Å². The molecule has 2 aromatic heterocycles. The highest BCUT2D eigenvalue weighted by atomic mass is 19.4. The minimum Gasteiger partial charge on any atom is -0.489 e. The number of nitrogens with zero attached hydrogens (tertiary/aromatic N) is 2. The van der Waals surface area contributed by atoms with E-state index in [1.165, 1.54) is 12.1 Å². The summed E-state index contributed by atoms with van der Waals surface area (Å²) in [6, 6.07) is 10.2. The minimum atomic E-state index is -4.54. The Balaban J connectivity index is 1.65. The quantitative estimate of drug-likeness (QED) is 0.624. The number of benzene rings is 1. The van der Waals surface area contributed by atoms with E-state index in [0.29, 0.717) is 17.1 Å². The summed E-state index contributed by atoms with van der Waals surface area (Å²) in [7, 11) is 0. The van der Waals surface area contributed by atoms with E-state index in [0.717, 1.165) is 30.0 Å². The molecule has 1 aliphatic carbocycles. The van der Waals surface area contributed by atoms with Gasteiger partial charge in [0.15, 0.2) is 5.69 Å². The summed E-state index contributed by atoms with van der Waals surface area (Å²) >= 11 is 0. The monoisotopic (exact) mass is 372 g/mol. The van der Waals surface area contributed by atoms with Gasteiger partial charge in [-0.3, -0.25) is 4.98 Å². The number of fused-ring (bicyclic) bond motifs is 1. The van der Waals surface area contributed by atoms with Crippen LogP contribution in [0.4, 0.5) is 13.2 Å². The third-order valence-electron chi connectivity index (χ3n) is 4.83. The van der Waals surface area contributed by atoms with Crippen molar-refractivity contribution in [2.75, 3.05) is 0 Å². The van der Waals surface area contributed by atoms with E-state index >= 15 is 0 Å². The second-order valence-electron chi connectivity index (χ2n) is 6.68. The van der Waals surface area contributed by atoms with Crippen molar-refractivity contribution in [3.05, 3.63) is 59.1 Å². The summed E-state index contributed by atoms with van der Waals surface area (Å²) in [5, 5.41) is 10.3.